The fourth-order valence-corrected chi connectivity index (χ4v) is 3.41. The van der Waals surface area contributed by atoms with Gasteiger partial charge in [0.05, 0.1) is 12.0 Å². The first-order chi connectivity index (χ1) is 10.2. The van der Waals surface area contributed by atoms with E-state index in [4.69, 9.17) is 0 Å². The fourth-order valence-electron chi connectivity index (χ4n) is 3.41. The van der Waals surface area contributed by atoms with Crippen LogP contribution in [-0.2, 0) is 6.54 Å². The predicted molar refractivity (Wildman–Crippen MR) is 86.1 cm³/mol. The molecule has 0 spiro atoms. The van der Waals surface area contributed by atoms with E-state index in [9.17, 15) is 0 Å². The van der Waals surface area contributed by atoms with Crippen molar-refractivity contribution in [2.75, 3.05) is 13.1 Å². The van der Waals surface area contributed by atoms with Crippen molar-refractivity contribution in [1.82, 2.24) is 14.5 Å². The number of imidazole rings is 1. The Balaban J connectivity index is 1.63. The molecule has 0 unspecified atom stereocenters. The molecule has 1 fully saturated rings. The van der Waals surface area contributed by atoms with E-state index in [0.717, 1.165) is 18.2 Å². The highest BCUT2D eigenvalue weighted by Crippen LogP contribution is 2.27. The first kappa shape index (κ1) is 14.3. The molecule has 0 bridgehead atoms. The summed E-state index contributed by atoms with van der Waals surface area (Å²) in [6.45, 7) is 7.89. The van der Waals surface area contributed by atoms with Crippen molar-refractivity contribution in [3.8, 4) is 0 Å². The zero-order valence-electron chi connectivity index (χ0n) is 13.1. The summed E-state index contributed by atoms with van der Waals surface area (Å²) in [7, 11) is 0. The molecule has 1 aromatic carbocycles. The molecular formula is C18H25N3. The number of likely N-dealkylation sites (tertiary alicyclic amines) is 1. The van der Waals surface area contributed by atoms with Gasteiger partial charge in [0.1, 0.15) is 0 Å². The van der Waals surface area contributed by atoms with Crippen LogP contribution in [-0.4, -0.2) is 27.5 Å². The van der Waals surface area contributed by atoms with Gasteiger partial charge in [-0.3, -0.25) is 4.90 Å². The maximum atomic E-state index is 4.33. The number of aromatic nitrogens is 2. The minimum absolute atomic E-state index is 0.513. The molecule has 21 heavy (non-hydrogen) atoms. The third-order valence-corrected chi connectivity index (χ3v) is 4.61. The van der Waals surface area contributed by atoms with Gasteiger partial charge >= 0.3 is 0 Å². The Kier molecular flexibility index (Phi) is 4.39. The van der Waals surface area contributed by atoms with Crippen LogP contribution in [0.5, 0.6) is 0 Å². The standard InChI is InChI=1S/C18H25N3/c1-15-11-20(14-19-15)12-17-7-6-10-21(13-17)16(2)18-8-4-3-5-9-18/h3-5,8-9,11,14,16-17H,6-7,10,12-13H2,1-2H3/t16-,17+/m1/s1. The van der Waals surface area contributed by atoms with E-state index in [1.807, 2.05) is 6.33 Å². The van der Waals surface area contributed by atoms with E-state index in [1.165, 1.54) is 31.5 Å². The Morgan fingerprint density at radius 1 is 1.29 bits per heavy atom. The highest BCUT2D eigenvalue weighted by molar-refractivity contribution is 5.18. The normalized spacial score (nSPS) is 21.3. The zero-order valence-corrected chi connectivity index (χ0v) is 13.1. The van der Waals surface area contributed by atoms with Crippen LogP contribution in [0.15, 0.2) is 42.9 Å². The van der Waals surface area contributed by atoms with Crippen LogP contribution < -0.4 is 0 Å². The van der Waals surface area contributed by atoms with Gasteiger partial charge in [-0.25, -0.2) is 4.98 Å². The van der Waals surface area contributed by atoms with Gasteiger partial charge < -0.3 is 4.57 Å². The molecule has 3 heteroatoms. The minimum atomic E-state index is 0.513. The molecule has 2 heterocycles. The fraction of sp³-hybridized carbons (Fsp3) is 0.500. The average molecular weight is 283 g/mol. The number of aryl methyl sites for hydroxylation is 1. The third-order valence-electron chi connectivity index (χ3n) is 4.61. The lowest BCUT2D eigenvalue weighted by Gasteiger charge is -2.37. The lowest BCUT2D eigenvalue weighted by molar-refractivity contribution is 0.123. The van der Waals surface area contributed by atoms with Crippen molar-refractivity contribution in [2.24, 2.45) is 5.92 Å². The second-order valence-electron chi connectivity index (χ2n) is 6.30. The van der Waals surface area contributed by atoms with Crippen molar-refractivity contribution < 1.29 is 0 Å². The van der Waals surface area contributed by atoms with Crippen molar-refractivity contribution in [1.29, 1.82) is 0 Å². The number of hydrogen-bond donors (Lipinski definition) is 0. The van der Waals surface area contributed by atoms with Gasteiger partial charge in [-0.05, 0) is 44.7 Å². The van der Waals surface area contributed by atoms with E-state index in [1.54, 1.807) is 0 Å². The Morgan fingerprint density at radius 3 is 2.81 bits per heavy atom. The van der Waals surface area contributed by atoms with Gasteiger partial charge in [0, 0.05) is 25.3 Å². The predicted octanol–water partition coefficient (Wildman–Crippen LogP) is 3.66. The Labute approximate surface area is 127 Å². The minimum Gasteiger partial charge on any atom is -0.337 e. The molecule has 0 N–H and O–H groups in total. The molecule has 2 aromatic rings. The Bertz CT molecular complexity index is 561. The lowest BCUT2D eigenvalue weighted by atomic mass is 9.95. The van der Waals surface area contributed by atoms with Crippen molar-refractivity contribution in [3.05, 3.63) is 54.1 Å². The van der Waals surface area contributed by atoms with Crippen LogP contribution in [0.3, 0.4) is 0 Å². The van der Waals surface area contributed by atoms with E-state index in [2.05, 4.69) is 64.8 Å². The third kappa shape index (κ3) is 3.53. The lowest BCUT2D eigenvalue weighted by Crippen LogP contribution is -2.38. The average Bonchev–Trinajstić information content (AvgIpc) is 2.93. The van der Waals surface area contributed by atoms with Gasteiger partial charge in [-0.15, -0.1) is 0 Å². The maximum absolute atomic E-state index is 4.33. The molecule has 1 saturated heterocycles. The van der Waals surface area contributed by atoms with Gasteiger partial charge in [-0.2, -0.15) is 0 Å². The second-order valence-corrected chi connectivity index (χ2v) is 6.30. The van der Waals surface area contributed by atoms with Crippen LogP contribution in [0.4, 0.5) is 0 Å². The van der Waals surface area contributed by atoms with Crippen LogP contribution in [0.1, 0.15) is 37.1 Å². The molecule has 1 aromatic heterocycles. The molecule has 0 saturated carbocycles. The molecule has 0 aliphatic carbocycles. The summed E-state index contributed by atoms with van der Waals surface area (Å²) in [6.07, 6.45) is 6.75. The second kappa shape index (κ2) is 6.44. The maximum Gasteiger partial charge on any atom is 0.0949 e. The monoisotopic (exact) mass is 283 g/mol. The summed E-state index contributed by atoms with van der Waals surface area (Å²) in [5.74, 6) is 0.735. The molecule has 1 aliphatic heterocycles. The van der Waals surface area contributed by atoms with Gasteiger partial charge in [0.2, 0.25) is 0 Å². The van der Waals surface area contributed by atoms with Crippen LogP contribution in [0.25, 0.3) is 0 Å². The SMILES string of the molecule is Cc1cn(C[C@@H]2CCCN([C@H](C)c3ccccc3)C2)cn1. The number of benzene rings is 1. The number of rotatable bonds is 4. The quantitative estimate of drug-likeness (QED) is 0.853. The molecular weight excluding hydrogens is 258 g/mol. The van der Waals surface area contributed by atoms with Crippen LogP contribution >= 0.6 is 0 Å². The van der Waals surface area contributed by atoms with Crippen LogP contribution in [0.2, 0.25) is 0 Å². The number of piperidine rings is 1. The number of nitrogens with zero attached hydrogens (tertiary/aromatic N) is 3. The number of hydrogen-bond acceptors (Lipinski definition) is 2. The molecule has 0 radical (unpaired) electrons. The van der Waals surface area contributed by atoms with Gasteiger partial charge in [0.15, 0.2) is 0 Å². The molecule has 1 aliphatic rings. The highest BCUT2D eigenvalue weighted by atomic mass is 15.2. The Morgan fingerprint density at radius 2 is 2.10 bits per heavy atom. The van der Waals surface area contributed by atoms with Crippen molar-refractivity contribution in [3.63, 3.8) is 0 Å². The molecule has 112 valence electrons. The van der Waals surface area contributed by atoms with E-state index < -0.39 is 0 Å². The van der Waals surface area contributed by atoms with Crippen molar-refractivity contribution >= 4 is 0 Å². The largest absolute Gasteiger partial charge is 0.337 e. The van der Waals surface area contributed by atoms with E-state index >= 15 is 0 Å². The van der Waals surface area contributed by atoms with Crippen LogP contribution in [0, 0.1) is 12.8 Å². The molecule has 3 rings (SSSR count). The van der Waals surface area contributed by atoms with E-state index in [0.29, 0.717) is 6.04 Å². The smallest absolute Gasteiger partial charge is 0.0949 e. The molecule has 2 atom stereocenters. The summed E-state index contributed by atoms with van der Waals surface area (Å²) in [6, 6.07) is 11.4. The highest BCUT2D eigenvalue weighted by Gasteiger charge is 2.24. The first-order valence-electron chi connectivity index (χ1n) is 8.00. The summed E-state index contributed by atoms with van der Waals surface area (Å²) in [5.41, 5.74) is 2.54. The summed E-state index contributed by atoms with van der Waals surface area (Å²) >= 11 is 0. The molecule has 3 nitrogen and oxygen atoms in total. The topological polar surface area (TPSA) is 21.1 Å². The van der Waals surface area contributed by atoms with Crippen molar-refractivity contribution in [2.45, 2.75) is 39.3 Å². The molecule has 0 amide bonds. The van der Waals surface area contributed by atoms with Gasteiger partial charge in [0.25, 0.3) is 0 Å². The van der Waals surface area contributed by atoms with E-state index in [-0.39, 0.29) is 0 Å². The summed E-state index contributed by atoms with van der Waals surface area (Å²) < 4.78 is 2.25. The van der Waals surface area contributed by atoms with Gasteiger partial charge in [-0.1, -0.05) is 30.3 Å². The first-order valence-corrected chi connectivity index (χ1v) is 8.00. The Hall–Kier alpha value is -1.61. The zero-order chi connectivity index (χ0) is 14.7. The summed E-state index contributed by atoms with van der Waals surface area (Å²) in [5, 5.41) is 0. The summed E-state index contributed by atoms with van der Waals surface area (Å²) in [4.78, 5) is 6.97.